The van der Waals surface area contributed by atoms with Crippen molar-refractivity contribution in [2.45, 2.75) is 6.17 Å². The topological polar surface area (TPSA) is 22.8 Å². The van der Waals surface area contributed by atoms with Gasteiger partial charge in [0.05, 0.1) is 11.0 Å². The highest BCUT2D eigenvalue weighted by Gasteiger charge is 2.18. The first-order chi connectivity index (χ1) is 12.4. The molecule has 0 aliphatic heterocycles. The Bertz CT molecular complexity index is 1080. The van der Waals surface area contributed by atoms with Crippen LogP contribution in [-0.2, 0) is 0 Å². The van der Waals surface area contributed by atoms with Gasteiger partial charge in [0.2, 0.25) is 0 Å². The lowest BCUT2D eigenvalue weighted by Crippen LogP contribution is -2.18. The second kappa shape index (κ2) is 5.64. The molecule has 0 fully saturated rings. The van der Waals surface area contributed by atoms with Crippen molar-refractivity contribution in [3.8, 4) is 0 Å². The zero-order chi connectivity index (χ0) is 16.6. The number of fused-ring (bicyclic) bond motifs is 2. The first kappa shape index (κ1) is 14.1. The third-order valence-electron chi connectivity index (χ3n) is 4.79. The van der Waals surface area contributed by atoms with E-state index >= 15 is 0 Å². The summed E-state index contributed by atoms with van der Waals surface area (Å²) in [5.41, 5.74) is 3.65. The summed E-state index contributed by atoms with van der Waals surface area (Å²) < 4.78 is 4.66. The van der Waals surface area contributed by atoms with E-state index in [1.807, 2.05) is 12.4 Å². The zero-order valence-electron chi connectivity index (χ0n) is 13.7. The molecule has 5 rings (SSSR count). The van der Waals surface area contributed by atoms with Crippen LogP contribution in [0.4, 0.5) is 0 Å². The van der Waals surface area contributed by atoms with Gasteiger partial charge in [0.1, 0.15) is 6.17 Å². The summed E-state index contributed by atoms with van der Waals surface area (Å²) in [4.78, 5) is 4.20. The van der Waals surface area contributed by atoms with Gasteiger partial charge in [0, 0.05) is 24.8 Å². The molecular formula is C22H17N3. The van der Waals surface area contributed by atoms with Crippen LogP contribution in [0.2, 0.25) is 0 Å². The lowest BCUT2D eigenvalue weighted by molar-refractivity contribution is 0.533. The molecule has 3 aromatic heterocycles. The fraction of sp³-hybridized carbons (Fsp3) is 0.0455. The minimum atomic E-state index is 0.0443. The van der Waals surface area contributed by atoms with Gasteiger partial charge >= 0.3 is 0 Å². The van der Waals surface area contributed by atoms with E-state index in [-0.39, 0.29) is 6.17 Å². The first-order valence-corrected chi connectivity index (χ1v) is 8.43. The second-order valence-corrected chi connectivity index (χ2v) is 6.22. The van der Waals surface area contributed by atoms with Gasteiger partial charge in [-0.1, -0.05) is 36.4 Å². The average molecular weight is 323 g/mol. The van der Waals surface area contributed by atoms with Crippen LogP contribution in [0.15, 0.2) is 97.6 Å². The number of nitrogens with zero attached hydrogens (tertiary/aromatic N) is 3. The normalized spacial score (nSPS) is 11.6. The van der Waals surface area contributed by atoms with Gasteiger partial charge in [-0.05, 0) is 52.7 Å². The third kappa shape index (κ3) is 2.24. The predicted molar refractivity (Wildman–Crippen MR) is 102 cm³/mol. The van der Waals surface area contributed by atoms with Crippen molar-refractivity contribution in [1.82, 2.24) is 14.1 Å². The van der Waals surface area contributed by atoms with Crippen molar-refractivity contribution in [2.24, 2.45) is 0 Å². The maximum Gasteiger partial charge on any atom is 0.136 e. The zero-order valence-corrected chi connectivity index (χ0v) is 13.7. The largest absolute Gasteiger partial charge is 0.322 e. The number of aromatic nitrogens is 3. The summed E-state index contributed by atoms with van der Waals surface area (Å²) >= 11 is 0. The van der Waals surface area contributed by atoms with Gasteiger partial charge in [0.25, 0.3) is 0 Å². The van der Waals surface area contributed by atoms with Crippen molar-refractivity contribution in [1.29, 1.82) is 0 Å². The molecular weight excluding hydrogens is 306 g/mol. The molecule has 0 atom stereocenters. The Labute approximate surface area is 145 Å². The minimum Gasteiger partial charge on any atom is -0.322 e. The third-order valence-corrected chi connectivity index (χ3v) is 4.79. The molecule has 3 nitrogen and oxygen atoms in total. The van der Waals surface area contributed by atoms with Gasteiger partial charge in [-0.15, -0.1) is 0 Å². The highest BCUT2D eigenvalue weighted by Crippen LogP contribution is 2.30. The fourth-order valence-corrected chi connectivity index (χ4v) is 3.63. The molecule has 120 valence electrons. The molecule has 0 aliphatic rings. The summed E-state index contributed by atoms with van der Waals surface area (Å²) in [5.74, 6) is 0. The Kier molecular flexibility index (Phi) is 3.17. The number of hydrogen-bond acceptors (Lipinski definition) is 1. The number of para-hydroxylation sites is 2. The predicted octanol–water partition coefficient (Wildman–Crippen LogP) is 5.09. The number of rotatable bonds is 3. The summed E-state index contributed by atoms with van der Waals surface area (Å²) in [6.07, 6.45) is 8.11. The molecule has 0 saturated heterocycles. The van der Waals surface area contributed by atoms with Crippen LogP contribution in [0.1, 0.15) is 11.7 Å². The van der Waals surface area contributed by atoms with Gasteiger partial charge in [0.15, 0.2) is 0 Å². The Morgan fingerprint density at radius 3 is 1.68 bits per heavy atom. The minimum absolute atomic E-state index is 0.0443. The van der Waals surface area contributed by atoms with Crippen LogP contribution in [0.5, 0.6) is 0 Å². The van der Waals surface area contributed by atoms with E-state index in [1.165, 1.54) is 27.4 Å². The van der Waals surface area contributed by atoms with Gasteiger partial charge < -0.3 is 9.13 Å². The summed E-state index contributed by atoms with van der Waals surface area (Å²) in [7, 11) is 0. The van der Waals surface area contributed by atoms with E-state index in [0.717, 1.165) is 0 Å². The summed E-state index contributed by atoms with van der Waals surface area (Å²) in [5, 5.41) is 2.50. The molecule has 0 saturated carbocycles. The molecule has 0 aliphatic carbocycles. The van der Waals surface area contributed by atoms with E-state index in [4.69, 9.17) is 0 Å². The molecule has 0 bridgehead atoms. The maximum absolute atomic E-state index is 4.20. The van der Waals surface area contributed by atoms with Crippen LogP contribution in [0.25, 0.3) is 21.8 Å². The average Bonchev–Trinajstić information content (AvgIpc) is 3.29. The number of pyridine rings is 1. The lowest BCUT2D eigenvalue weighted by atomic mass is 10.2. The van der Waals surface area contributed by atoms with Crippen molar-refractivity contribution >= 4 is 21.8 Å². The van der Waals surface area contributed by atoms with Gasteiger partial charge in [-0.2, -0.15) is 0 Å². The lowest BCUT2D eigenvalue weighted by Gasteiger charge is -2.23. The molecule has 5 aromatic rings. The van der Waals surface area contributed by atoms with Crippen LogP contribution in [0, 0.1) is 0 Å². The number of hydrogen-bond donors (Lipinski definition) is 0. The van der Waals surface area contributed by atoms with E-state index in [0.29, 0.717) is 0 Å². The molecule has 0 unspecified atom stereocenters. The Morgan fingerprint density at radius 1 is 0.600 bits per heavy atom. The van der Waals surface area contributed by atoms with Crippen molar-refractivity contribution in [3.63, 3.8) is 0 Å². The number of benzene rings is 2. The van der Waals surface area contributed by atoms with E-state index in [1.54, 1.807) is 0 Å². The first-order valence-electron chi connectivity index (χ1n) is 8.43. The second-order valence-electron chi connectivity index (χ2n) is 6.22. The smallest absolute Gasteiger partial charge is 0.136 e. The SMILES string of the molecule is c1ccc2c(c1)ccn2C(c1ccncc1)n1ccc2ccccc21. The van der Waals surface area contributed by atoms with Crippen molar-refractivity contribution in [2.75, 3.05) is 0 Å². The van der Waals surface area contributed by atoms with Crippen molar-refractivity contribution in [3.05, 3.63) is 103 Å². The Balaban J connectivity index is 1.81. The van der Waals surface area contributed by atoms with Crippen LogP contribution in [-0.4, -0.2) is 14.1 Å². The Morgan fingerprint density at radius 2 is 1.12 bits per heavy atom. The fourth-order valence-electron chi connectivity index (χ4n) is 3.63. The molecule has 2 aromatic carbocycles. The molecule has 0 N–H and O–H groups in total. The molecule has 0 amide bonds. The Hall–Kier alpha value is -3.33. The van der Waals surface area contributed by atoms with E-state index < -0.39 is 0 Å². The van der Waals surface area contributed by atoms with Gasteiger partial charge in [-0.3, -0.25) is 4.98 Å². The summed E-state index contributed by atoms with van der Waals surface area (Å²) in [6, 6.07) is 25.6. The molecule has 0 spiro atoms. The van der Waals surface area contributed by atoms with Crippen LogP contribution in [0.3, 0.4) is 0 Å². The highest BCUT2D eigenvalue weighted by molar-refractivity contribution is 5.82. The van der Waals surface area contributed by atoms with Crippen molar-refractivity contribution < 1.29 is 0 Å². The van der Waals surface area contributed by atoms with E-state index in [9.17, 15) is 0 Å². The molecule has 3 heteroatoms. The van der Waals surface area contributed by atoms with Gasteiger partial charge in [-0.25, -0.2) is 0 Å². The van der Waals surface area contributed by atoms with Crippen LogP contribution >= 0.6 is 0 Å². The molecule has 25 heavy (non-hydrogen) atoms. The van der Waals surface area contributed by atoms with Crippen LogP contribution < -0.4 is 0 Å². The molecule has 0 radical (unpaired) electrons. The monoisotopic (exact) mass is 323 g/mol. The maximum atomic E-state index is 4.20. The quantitative estimate of drug-likeness (QED) is 0.454. The highest BCUT2D eigenvalue weighted by atomic mass is 15.2. The summed E-state index contributed by atoms with van der Waals surface area (Å²) in [6.45, 7) is 0. The molecule has 3 heterocycles. The standard InChI is InChI=1S/C22H17N3/c1-3-7-20-17(5-1)11-15-24(20)22(19-9-13-23-14-10-19)25-16-12-18-6-2-4-8-21(18)25/h1-16,22H. The van der Waals surface area contributed by atoms with E-state index in [2.05, 4.69) is 99.3 Å².